The first kappa shape index (κ1) is 21.6. The number of likely N-dealkylation sites (tertiary alicyclic amines) is 1. The van der Waals surface area contributed by atoms with Gasteiger partial charge in [-0.05, 0) is 44.0 Å². The number of nitrogens with two attached hydrogens (primary N) is 1. The fourth-order valence-corrected chi connectivity index (χ4v) is 5.05. The second-order valence-corrected chi connectivity index (χ2v) is 9.85. The number of primary sulfonamides is 1. The maximum Gasteiger partial charge on any atom is 0.293 e. The second-order valence-electron chi connectivity index (χ2n) is 7.04. The topological polar surface area (TPSA) is 119 Å². The molecule has 1 saturated heterocycles. The van der Waals surface area contributed by atoms with E-state index in [9.17, 15) is 18.5 Å². The Hall–Kier alpha value is -2.14. The molecule has 3 rings (SSSR count). The maximum absolute atomic E-state index is 11.5. The first-order valence-electron chi connectivity index (χ1n) is 9.27. The molecule has 156 valence electrons. The average Bonchev–Trinajstić information content (AvgIpc) is 2.60. The zero-order chi connectivity index (χ0) is 21.0. The molecule has 1 heterocycles. The molecule has 1 aliphatic heterocycles. The van der Waals surface area contributed by atoms with Crippen LogP contribution in [0.3, 0.4) is 0 Å². The fraction of sp³-hybridized carbons (Fsp3) is 0.368. The molecule has 2 atom stereocenters. The number of rotatable bonds is 9. The van der Waals surface area contributed by atoms with Gasteiger partial charge in [0.2, 0.25) is 10.0 Å². The van der Waals surface area contributed by atoms with Crippen molar-refractivity contribution in [1.82, 2.24) is 4.90 Å². The van der Waals surface area contributed by atoms with Crippen LogP contribution in [0.1, 0.15) is 19.8 Å². The van der Waals surface area contributed by atoms with Gasteiger partial charge in [-0.2, -0.15) is 0 Å². The summed E-state index contributed by atoms with van der Waals surface area (Å²) in [5.41, 5.74) is -0.0263. The quantitative estimate of drug-likeness (QED) is 0.352. The van der Waals surface area contributed by atoms with E-state index in [1.807, 2.05) is 25.1 Å². The van der Waals surface area contributed by atoms with Crippen molar-refractivity contribution in [3.05, 3.63) is 58.6 Å². The number of nitrogens with one attached hydrogen (secondary N) is 1. The van der Waals surface area contributed by atoms with Gasteiger partial charge in [-0.1, -0.05) is 18.2 Å². The summed E-state index contributed by atoms with van der Waals surface area (Å²) in [6, 6.07) is 13.8. The summed E-state index contributed by atoms with van der Waals surface area (Å²) in [5, 5.41) is 19.9. The summed E-state index contributed by atoms with van der Waals surface area (Å²) in [4.78, 5) is 14.1. The summed E-state index contributed by atoms with van der Waals surface area (Å²) in [6.07, 6.45) is 1.95. The molecule has 0 radical (unpaired) electrons. The fourth-order valence-electron chi connectivity index (χ4n) is 3.14. The van der Waals surface area contributed by atoms with E-state index in [2.05, 4.69) is 22.3 Å². The minimum absolute atomic E-state index is 0.0594. The molecular formula is C19H24N4O4S2. The van der Waals surface area contributed by atoms with E-state index < -0.39 is 14.9 Å². The Morgan fingerprint density at radius 1 is 1.24 bits per heavy atom. The number of hydrogen-bond acceptors (Lipinski definition) is 7. The molecule has 0 saturated carbocycles. The van der Waals surface area contributed by atoms with Crippen LogP contribution in [0.25, 0.3) is 0 Å². The maximum atomic E-state index is 11.5. The first-order valence-corrected chi connectivity index (χ1v) is 11.7. The standard InChI is InChI=1S/C19H24N4O4S2/c1-14(12-19(22-10-5-11-22)28-15-6-3-2-4-7-15)21-17-9-8-16(29(20,26)27)13-18(17)23(24)25/h2-4,6-9,13-14,19,21H,5,10-12H2,1H3,(H2,20,26,27)/t14-,19+/m1/s1. The molecule has 0 spiro atoms. The van der Waals surface area contributed by atoms with Crippen LogP contribution in [0.5, 0.6) is 0 Å². The van der Waals surface area contributed by atoms with Crippen LogP contribution in [0.4, 0.5) is 11.4 Å². The molecule has 3 N–H and O–H groups in total. The van der Waals surface area contributed by atoms with Gasteiger partial charge in [-0.15, -0.1) is 11.8 Å². The Bertz CT molecular complexity index is 965. The zero-order valence-corrected chi connectivity index (χ0v) is 17.7. The smallest absolute Gasteiger partial charge is 0.293 e. The zero-order valence-electron chi connectivity index (χ0n) is 16.0. The number of nitrogens with zero attached hydrogens (tertiary/aromatic N) is 2. The Labute approximate surface area is 174 Å². The summed E-state index contributed by atoms with van der Waals surface area (Å²) in [5.74, 6) is 0. The SMILES string of the molecule is C[C@H](C[C@H](Sc1ccccc1)N1CCC1)Nc1ccc(S(N)(=O)=O)cc1[N+](=O)[O-]. The van der Waals surface area contributed by atoms with Gasteiger partial charge in [0.05, 0.1) is 15.2 Å². The highest BCUT2D eigenvalue weighted by atomic mass is 32.2. The third-order valence-electron chi connectivity index (χ3n) is 4.76. The number of sulfonamides is 1. The van der Waals surface area contributed by atoms with E-state index in [0.29, 0.717) is 0 Å². The number of nitro benzene ring substituents is 1. The number of hydrogen-bond donors (Lipinski definition) is 2. The van der Waals surface area contributed by atoms with Crippen molar-refractivity contribution < 1.29 is 13.3 Å². The Morgan fingerprint density at radius 3 is 2.48 bits per heavy atom. The molecule has 2 aromatic carbocycles. The lowest BCUT2D eigenvalue weighted by atomic mass is 10.1. The molecule has 1 fully saturated rings. The predicted molar refractivity (Wildman–Crippen MR) is 114 cm³/mol. The van der Waals surface area contributed by atoms with Gasteiger partial charge in [0.1, 0.15) is 5.69 Å². The molecule has 2 aromatic rings. The lowest BCUT2D eigenvalue weighted by Crippen LogP contribution is -2.45. The third-order valence-corrected chi connectivity index (χ3v) is 6.98. The predicted octanol–water partition coefficient (Wildman–Crippen LogP) is 3.26. The summed E-state index contributed by atoms with van der Waals surface area (Å²) >= 11 is 1.78. The van der Waals surface area contributed by atoms with Crippen LogP contribution in [0.15, 0.2) is 58.3 Å². The van der Waals surface area contributed by atoms with Gasteiger partial charge in [0.15, 0.2) is 0 Å². The van der Waals surface area contributed by atoms with Gasteiger partial charge in [-0.25, -0.2) is 13.6 Å². The lowest BCUT2D eigenvalue weighted by Gasteiger charge is -2.39. The molecule has 0 unspecified atom stereocenters. The highest BCUT2D eigenvalue weighted by Crippen LogP contribution is 2.33. The Balaban J connectivity index is 1.74. The highest BCUT2D eigenvalue weighted by Gasteiger charge is 2.27. The van der Waals surface area contributed by atoms with Gasteiger partial charge in [-0.3, -0.25) is 15.0 Å². The van der Waals surface area contributed by atoms with Crippen LogP contribution in [-0.4, -0.2) is 42.7 Å². The van der Waals surface area contributed by atoms with Gasteiger partial charge >= 0.3 is 0 Å². The van der Waals surface area contributed by atoms with Crippen molar-refractivity contribution in [2.75, 3.05) is 18.4 Å². The average molecular weight is 437 g/mol. The van der Waals surface area contributed by atoms with E-state index in [1.54, 1.807) is 11.8 Å². The van der Waals surface area contributed by atoms with E-state index in [4.69, 9.17) is 5.14 Å². The monoisotopic (exact) mass is 436 g/mol. The minimum Gasteiger partial charge on any atom is -0.377 e. The number of thioether (sulfide) groups is 1. The minimum atomic E-state index is -4.01. The molecule has 29 heavy (non-hydrogen) atoms. The van der Waals surface area contributed by atoms with Crippen LogP contribution >= 0.6 is 11.8 Å². The third kappa shape index (κ3) is 5.69. The van der Waals surface area contributed by atoms with E-state index >= 15 is 0 Å². The Morgan fingerprint density at radius 2 is 1.93 bits per heavy atom. The van der Waals surface area contributed by atoms with Crippen molar-refractivity contribution in [3.8, 4) is 0 Å². The number of anilines is 1. The van der Waals surface area contributed by atoms with Crippen LogP contribution in [-0.2, 0) is 10.0 Å². The van der Waals surface area contributed by atoms with Crippen LogP contribution in [0.2, 0.25) is 0 Å². The summed E-state index contributed by atoms with van der Waals surface area (Å²) < 4.78 is 23.0. The molecule has 1 aliphatic rings. The van der Waals surface area contributed by atoms with Gasteiger partial charge in [0.25, 0.3) is 5.69 Å². The second kappa shape index (κ2) is 9.12. The van der Waals surface area contributed by atoms with Crippen molar-refractivity contribution in [1.29, 1.82) is 0 Å². The van der Waals surface area contributed by atoms with Crippen molar-refractivity contribution in [3.63, 3.8) is 0 Å². The first-order chi connectivity index (χ1) is 13.7. The lowest BCUT2D eigenvalue weighted by molar-refractivity contribution is -0.384. The van der Waals surface area contributed by atoms with Crippen molar-refractivity contribution in [2.45, 2.75) is 41.0 Å². The van der Waals surface area contributed by atoms with Crippen LogP contribution < -0.4 is 10.5 Å². The number of benzene rings is 2. The summed E-state index contributed by atoms with van der Waals surface area (Å²) in [6.45, 7) is 4.05. The molecule has 8 nitrogen and oxygen atoms in total. The molecule has 0 aliphatic carbocycles. The normalized spacial score (nSPS) is 16.6. The van der Waals surface area contributed by atoms with Crippen molar-refractivity contribution in [2.24, 2.45) is 5.14 Å². The molecule has 0 amide bonds. The van der Waals surface area contributed by atoms with Gasteiger partial charge in [0, 0.05) is 30.1 Å². The molecular weight excluding hydrogens is 412 g/mol. The van der Waals surface area contributed by atoms with Crippen molar-refractivity contribution >= 4 is 33.2 Å². The Kier molecular flexibility index (Phi) is 6.78. The number of nitro groups is 1. The molecule has 0 aromatic heterocycles. The molecule has 10 heteroatoms. The largest absolute Gasteiger partial charge is 0.377 e. The van der Waals surface area contributed by atoms with E-state index in [1.165, 1.54) is 23.4 Å². The highest BCUT2D eigenvalue weighted by molar-refractivity contribution is 7.99. The van der Waals surface area contributed by atoms with Crippen LogP contribution in [0, 0.1) is 10.1 Å². The van der Waals surface area contributed by atoms with Gasteiger partial charge < -0.3 is 5.32 Å². The summed E-state index contributed by atoms with van der Waals surface area (Å²) in [7, 11) is -4.01. The molecule has 0 bridgehead atoms. The van der Waals surface area contributed by atoms with E-state index in [0.717, 1.165) is 25.6 Å². The van der Waals surface area contributed by atoms with E-state index in [-0.39, 0.29) is 27.7 Å².